The van der Waals surface area contributed by atoms with Gasteiger partial charge < -0.3 is 5.32 Å². The van der Waals surface area contributed by atoms with Gasteiger partial charge in [-0.15, -0.1) is 0 Å². The van der Waals surface area contributed by atoms with E-state index in [-0.39, 0.29) is 5.41 Å². The summed E-state index contributed by atoms with van der Waals surface area (Å²) in [6.45, 7) is 6.29. The van der Waals surface area contributed by atoms with Gasteiger partial charge in [0.05, 0.1) is 5.41 Å². The zero-order valence-electron chi connectivity index (χ0n) is 23.7. The lowest BCUT2D eigenvalue weighted by atomic mass is 9.70. The van der Waals surface area contributed by atoms with E-state index >= 15 is 0 Å². The van der Waals surface area contributed by atoms with E-state index in [1.165, 1.54) is 62.1 Å². The highest BCUT2D eigenvalue weighted by atomic mass is 14.9. The molecule has 1 heteroatoms. The summed E-state index contributed by atoms with van der Waals surface area (Å²) in [4.78, 5) is 0. The Morgan fingerprint density at radius 3 is 2.41 bits per heavy atom. The van der Waals surface area contributed by atoms with Crippen LogP contribution in [0.1, 0.15) is 54.9 Å². The number of fused-ring (bicyclic) bond motifs is 7. The molecule has 3 aromatic carbocycles. The summed E-state index contributed by atoms with van der Waals surface area (Å²) >= 11 is 0. The van der Waals surface area contributed by atoms with Crippen LogP contribution in [0, 0.1) is 0 Å². The topological polar surface area (TPSA) is 12.0 Å². The second-order valence-electron chi connectivity index (χ2n) is 11.1. The zero-order valence-corrected chi connectivity index (χ0v) is 23.7. The van der Waals surface area contributed by atoms with Gasteiger partial charge in [0.1, 0.15) is 0 Å². The second-order valence-corrected chi connectivity index (χ2v) is 11.1. The molecule has 0 amide bonds. The minimum atomic E-state index is -0.388. The van der Waals surface area contributed by atoms with Gasteiger partial charge in [-0.1, -0.05) is 116 Å². The second kappa shape index (κ2) is 10.4. The first-order valence-corrected chi connectivity index (χ1v) is 14.8. The average Bonchev–Trinajstić information content (AvgIpc) is 3.18. The Bertz CT molecular complexity index is 1780. The highest BCUT2D eigenvalue weighted by molar-refractivity contribution is 6.00. The van der Waals surface area contributed by atoms with E-state index in [0.717, 1.165) is 30.6 Å². The molecule has 0 aliphatic heterocycles. The molecule has 0 fully saturated rings. The van der Waals surface area contributed by atoms with E-state index in [1.54, 1.807) is 0 Å². The molecule has 0 radical (unpaired) electrons. The monoisotopic (exact) mass is 529 g/mol. The van der Waals surface area contributed by atoms with E-state index in [4.69, 9.17) is 0 Å². The van der Waals surface area contributed by atoms with Crippen molar-refractivity contribution in [1.29, 1.82) is 0 Å². The van der Waals surface area contributed by atoms with Crippen LogP contribution in [0.2, 0.25) is 0 Å². The van der Waals surface area contributed by atoms with Crippen molar-refractivity contribution >= 4 is 11.3 Å². The molecule has 7 rings (SSSR count). The Hall–Kier alpha value is -4.62. The SMILES string of the molecule is C=CC=C1/C(=C\C)c2ccccc2C12c1ccccc1-c1ccc(NC3=CC=CCC=C3C3=CC=CCCC3)cc12. The first kappa shape index (κ1) is 25.4. The molecule has 0 aromatic heterocycles. The Morgan fingerprint density at radius 1 is 0.829 bits per heavy atom. The normalized spacial score (nSPS) is 22.4. The lowest BCUT2D eigenvalue weighted by Gasteiger charge is -2.31. The molecule has 4 aliphatic carbocycles. The average molecular weight is 530 g/mol. The van der Waals surface area contributed by atoms with Crippen molar-refractivity contribution < 1.29 is 0 Å². The zero-order chi connectivity index (χ0) is 27.8. The summed E-state index contributed by atoms with van der Waals surface area (Å²) < 4.78 is 0. The molecule has 1 unspecified atom stereocenters. The van der Waals surface area contributed by atoms with E-state index in [9.17, 15) is 0 Å². The number of benzene rings is 3. The van der Waals surface area contributed by atoms with Crippen molar-refractivity contribution in [3.8, 4) is 11.1 Å². The summed E-state index contributed by atoms with van der Waals surface area (Å²) in [5.41, 5.74) is 15.1. The van der Waals surface area contributed by atoms with Crippen LogP contribution in [-0.4, -0.2) is 0 Å². The predicted molar refractivity (Wildman–Crippen MR) is 175 cm³/mol. The molecule has 1 N–H and O–H groups in total. The van der Waals surface area contributed by atoms with Crippen molar-refractivity contribution in [2.24, 2.45) is 0 Å². The lowest BCUT2D eigenvalue weighted by Crippen LogP contribution is -2.26. The molecule has 0 heterocycles. The Kier molecular flexibility index (Phi) is 6.44. The molecule has 1 nitrogen and oxygen atoms in total. The van der Waals surface area contributed by atoms with Gasteiger partial charge in [-0.3, -0.25) is 0 Å². The molecule has 3 aromatic rings. The number of hydrogen-bond donors (Lipinski definition) is 1. The molecule has 0 saturated carbocycles. The van der Waals surface area contributed by atoms with E-state index in [1.807, 2.05) is 6.08 Å². The van der Waals surface area contributed by atoms with Gasteiger partial charge >= 0.3 is 0 Å². The van der Waals surface area contributed by atoms with Gasteiger partial charge in [-0.05, 0) is 106 Å². The predicted octanol–water partition coefficient (Wildman–Crippen LogP) is 10.4. The number of rotatable bonds is 4. The van der Waals surface area contributed by atoms with Crippen molar-refractivity contribution in [1.82, 2.24) is 0 Å². The van der Waals surface area contributed by atoms with Gasteiger partial charge in [0, 0.05) is 11.4 Å². The third-order valence-electron chi connectivity index (χ3n) is 8.96. The number of hydrogen-bond acceptors (Lipinski definition) is 1. The standard InChI is InChI=1S/C40H35N/c1-3-16-35-30(4-2)32-20-12-14-22-36(32)40(35)37-23-15-13-21-33(37)34-26-25-29(27-38(34)40)41-39-24-11-7-10-19-31(39)28-17-8-5-6-9-18-28/h3-5,7-8,11-17,19-27,41H,1,6,9-10,18H2,2H3/b30-4-,35-16?. The third-order valence-corrected chi connectivity index (χ3v) is 8.96. The van der Waals surface area contributed by atoms with Crippen LogP contribution in [0.3, 0.4) is 0 Å². The minimum Gasteiger partial charge on any atom is -0.355 e. The molecule has 1 spiro atoms. The minimum absolute atomic E-state index is 0.388. The summed E-state index contributed by atoms with van der Waals surface area (Å²) in [5, 5.41) is 3.87. The fourth-order valence-electron chi connectivity index (χ4n) is 7.31. The van der Waals surface area contributed by atoms with Crippen LogP contribution in [0.25, 0.3) is 16.7 Å². The fourth-order valence-corrected chi connectivity index (χ4v) is 7.31. The molecule has 4 aliphatic rings. The lowest BCUT2D eigenvalue weighted by molar-refractivity contribution is 0.795. The number of nitrogens with one attached hydrogen (secondary N) is 1. The van der Waals surface area contributed by atoms with Gasteiger partial charge in [0.15, 0.2) is 0 Å². The maximum atomic E-state index is 4.14. The van der Waals surface area contributed by atoms with Crippen LogP contribution < -0.4 is 5.32 Å². The number of anilines is 1. The van der Waals surface area contributed by atoms with Crippen molar-refractivity contribution in [3.05, 3.63) is 179 Å². The Balaban J connectivity index is 1.41. The van der Waals surface area contributed by atoms with E-state index in [2.05, 4.69) is 140 Å². The molecule has 200 valence electrons. The highest BCUT2D eigenvalue weighted by Gasteiger charge is 2.53. The maximum absolute atomic E-state index is 4.14. The van der Waals surface area contributed by atoms with Crippen LogP contribution >= 0.6 is 0 Å². The fraction of sp³-hybridized carbons (Fsp3) is 0.150. The van der Waals surface area contributed by atoms with Crippen LogP contribution in [-0.2, 0) is 5.41 Å². The largest absolute Gasteiger partial charge is 0.355 e. The van der Waals surface area contributed by atoms with Crippen LogP contribution in [0.15, 0.2) is 156 Å². The van der Waals surface area contributed by atoms with Gasteiger partial charge in [-0.2, -0.15) is 0 Å². The van der Waals surface area contributed by atoms with Crippen LogP contribution in [0.4, 0.5) is 5.69 Å². The van der Waals surface area contributed by atoms with Gasteiger partial charge in [0.2, 0.25) is 0 Å². The van der Waals surface area contributed by atoms with Crippen molar-refractivity contribution in [2.75, 3.05) is 5.32 Å². The van der Waals surface area contributed by atoms with E-state index < -0.39 is 0 Å². The highest BCUT2D eigenvalue weighted by Crippen LogP contribution is 2.63. The third kappa shape index (κ3) is 3.91. The molecule has 0 saturated heterocycles. The quantitative estimate of drug-likeness (QED) is 0.354. The Labute approximate surface area is 244 Å². The van der Waals surface area contributed by atoms with Gasteiger partial charge in [0.25, 0.3) is 0 Å². The van der Waals surface area contributed by atoms with Crippen molar-refractivity contribution in [2.45, 2.75) is 38.0 Å². The molecular formula is C40H35N. The smallest absolute Gasteiger partial charge is 0.0726 e. The summed E-state index contributed by atoms with van der Waals surface area (Å²) in [7, 11) is 0. The summed E-state index contributed by atoms with van der Waals surface area (Å²) in [6.07, 6.45) is 26.6. The van der Waals surface area contributed by atoms with Crippen molar-refractivity contribution in [3.63, 3.8) is 0 Å². The summed E-state index contributed by atoms with van der Waals surface area (Å²) in [6, 6.07) is 24.8. The first-order valence-electron chi connectivity index (χ1n) is 14.8. The first-order chi connectivity index (χ1) is 20.3. The number of allylic oxidation sites excluding steroid dienone is 13. The Morgan fingerprint density at radius 2 is 1.59 bits per heavy atom. The summed E-state index contributed by atoms with van der Waals surface area (Å²) in [5.74, 6) is 0. The molecule has 0 bridgehead atoms. The van der Waals surface area contributed by atoms with Gasteiger partial charge in [-0.25, -0.2) is 0 Å². The molecular weight excluding hydrogens is 494 g/mol. The molecule has 1 atom stereocenters. The molecule has 41 heavy (non-hydrogen) atoms. The van der Waals surface area contributed by atoms with E-state index in [0.29, 0.717) is 0 Å². The maximum Gasteiger partial charge on any atom is 0.0726 e. The van der Waals surface area contributed by atoms with Crippen LogP contribution in [0.5, 0.6) is 0 Å².